The highest BCUT2D eigenvalue weighted by atomic mass is 35.6. The summed E-state index contributed by atoms with van der Waals surface area (Å²) in [5.74, 6) is 1.01. The van der Waals surface area contributed by atoms with Crippen molar-refractivity contribution in [3.8, 4) is 11.5 Å². The first kappa shape index (κ1) is 21.4. The average Bonchev–Trinajstić information content (AvgIpc) is 2.62. The Bertz CT molecular complexity index is 916. The predicted octanol–water partition coefficient (Wildman–Crippen LogP) is 5.70. The highest BCUT2D eigenvalue weighted by Gasteiger charge is 2.47. The summed E-state index contributed by atoms with van der Waals surface area (Å²) in [4.78, 5) is 14.6. The van der Waals surface area contributed by atoms with E-state index in [0.717, 1.165) is 33.4 Å². The van der Waals surface area contributed by atoms with Gasteiger partial charge in [0.2, 0.25) is 0 Å². The lowest BCUT2D eigenvalue weighted by Gasteiger charge is -2.46. The minimum atomic E-state index is -2.02. The number of carbonyl (C=O) groups excluding carboxylic acids is 1. The standard InChI is InChI=1S/C21H24Cl3NO3/c1-20(2,3)18-15-14(10-11-25(18)19(26)21(22,23)24)16(27-4)12-8-6-7-9-13(12)17(15)28-5/h6-9,18H,10-11H2,1-5H3. The zero-order valence-electron chi connectivity index (χ0n) is 16.6. The Balaban J connectivity index is 2.37. The van der Waals surface area contributed by atoms with Gasteiger partial charge in [0.25, 0.3) is 9.70 Å². The summed E-state index contributed by atoms with van der Waals surface area (Å²) in [6.07, 6.45) is 0.582. The lowest BCUT2D eigenvalue weighted by atomic mass is 9.75. The smallest absolute Gasteiger partial charge is 0.275 e. The Morgan fingerprint density at radius 2 is 1.57 bits per heavy atom. The molecule has 152 valence electrons. The molecule has 1 heterocycles. The van der Waals surface area contributed by atoms with Gasteiger partial charge in [-0.05, 0) is 11.8 Å². The van der Waals surface area contributed by atoms with Gasteiger partial charge in [0.15, 0.2) is 0 Å². The summed E-state index contributed by atoms with van der Waals surface area (Å²) < 4.78 is 9.67. The summed E-state index contributed by atoms with van der Waals surface area (Å²) in [6, 6.07) is 7.59. The molecule has 0 N–H and O–H groups in total. The highest BCUT2D eigenvalue weighted by molar-refractivity contribution is 6.76. The second-order valence-corrected chi connectivity index (χ2v) is 10.3. The Kier molecular flexibility index (Phi) is 5.70. The number of nitrogens with zero attached hydrogens (tertiary/aromatic N) is 1. The first-order chi connectivity index (χ1) is 13.0. The number of carbonyl (C=O) groups is 1. The topological polar surface area (TPSA) is 38.8 Å². The molecule has 2 aromatic rings. The summed E-state index contributed by atoms with van der Waals surface area (Å²) in [5, 5.41) is 1.91. The van der Waals surface area contributed by atoms with Crippen LogP contribution in [0.1, 0.15) is 37.9 Å². The molecule has 0 bridgehead atoms. The molecule has 1 aliphatic rings. The molecule has 0 aliphatic carbocycles. The van der Waals surface area contributed by atoms with E-state index in [-0.39, 0.29) is 11.5 Å². The van der Waals surface area contributed by atoms with Crippen molar-refractivity contribution in [2.24, 2.45) is 5.41 Å². The van der Waals surface area contributed by atoms with Gasteiger partial charge in [-0.3, -0.25) is 4.79 Å². The maximum absolute atomic E-state index is 13.0. The van der Waals surface area contributed by atoms with Crippen molar-refractivity contribution in [1.82, 2.24) is 4.90 Å². The van der Waals surface area contributed by atoms with Crippen molar-refractivity contribution in [3.05, 3.63) is 35.4 Å². The molecule has 1 atom stereocenters. The monoisotopic (exact) mass is 443 g/mol. The second kappa shape index (κ2) is 7.47. The molecule has 28 heavy (non-hydrogen) atoms. The first-order valence-corrected chi connectivity index (χ1v) is 10.2. The third kappa shape index (κ3) is 3.51. The Labute approximate surface area is 180 Å². The number of ether oxygens (including phenoxy) is 2. The van der Waals surface area contributed by atoms with Gasteiger partial charge in [-0.1, -0.05) is 79.8 Å². The molecule has 0 radical (unpaired) electrons. The molecule has 0 spiro atoms. The van der Waals surface area contributed by atoms with E-state index in [1.54, 1.807) is 19.1 Å². The summed E-state index contributed by atoms with van der Waals surface area (Å²) in [5.41, 5.74) is 1.62. The number of alkyl halides is 3. The van der Waals surface area contributed by atoms with Crippen molar-refractivity contribution >= 4 is 51.5 Å². The van der Waals surface area contributed by atoms with Crippen LogP contribution in [0.15, 0.2) is 24.3 Å². The van der Waals surface area contributed by atoms with E-state index in [1.165, 1.54) is 0 Å². The van der Waals surface area contributed by atoms with Gasteiger partial charge < -0.3 is 14.4 Å². The van der Waals surface area contributed by atoms with Crippen molar-refractivity contribution in [2.75, 3.05) is 20.8 Å². The molecular weight excluding hydrogens is 421 g/mol. The normalized spacial score (nSPS) is 17.4. The lowest BCUT2D eigenvalue weighted by molar-refractivity contribution is -0.135. The third-order valence-electron chi connectivity index (χ3n) is 5.18. The van der Waals surface area contributed by atoms with Crippen LogP contribution >= 0.6 is 34.8 Å². The molecule has 4 nitrogen and oxygen atoms in total. The van der Waals surface area contributed by atoms with Gasteiger partial charge in [-0.2, -0.15) is 0 Å². The van der Waals surface area contributed by atoms with Crippen LogP contribution in [-0.4, -0.2) is 35.4 Å². The van der Waals surface area contributed by atoms with Gasteiger partial charge in [-0.25, -0.2) is 0 Å². The molecule has 2 aromatic carbocycles. The molecular formula is C21H24Cl3NO3. The Morgan fingerprint density at radius 1 is 1.04 bits per heavy atom. The highest BCUT2D eigenvalue weighted by Crippen LogP contribution is 2.53. The summed E-state index contributed by atoms with van der Waals surface area (Å²) in [7, 11) is 3.31. The zero-order chi connectivity index (χ0) is 20.9. The SMILES string of the molecule is COc1c2c(c(OC)c3ccccc13)C(C(C)(C)C)N(C(=O)C(Cl)(Cl)Cl)CC2. The van der Waals surface area contributed by atoms with Crippen LogP contribution in [0.3, 0.4) is 0 Å². The number of fused-ring (bicyclic) bond motifs is 2. The van der Waals surface area contributed by atoms with E-state index in [0.29, 0.717) is 13.0 Å². The van der Waals surface area contributed by atoms with Crippen LogP contribution in [0.4, 0.5) is 0 Å². The van der Waals surface area contributed by atoms with Crippen LogP contribution in [0, 0.1) is 5.41 Å². The first-order valence-electron chi connectivity index (χ1n) is 9.05. The molecule has 0 saturated heterocycles. The Morgan fingerprint density at radius 3 is 2.04 bits per heavy atom. The number of rotatable bonds is 2. The van der Waals surface area contributed by atoms with Gasteiger partial charge in [0, 0.05) is 28.4 Å². The van der Waals surface area contributed by atoms with E-state index in [4.69, 9.17) is 44.3 Å². The lowest BCUT2D eigenvalue weighted by Crippen LogP contribution is -2.49. The van der Waals surface area contributed by atoms with Gasteiger partial charge in [0.05, 0.1) is 20.3 Å². The molecule has 1 amide bonds. The number of methoxy groups -OCH3 is 2. The summed E-state index contributed by atoms with van der Waals surface area (Å²) in [6.45, 7) is 6.62. The van der Waals surface area contributed by atoms with Gasteiger partial charge in [0.1, 0.15) is 11.5 Å². The Hall–Kier alpha value is -1.36. The van der Waals surface area contributed by atoms with E-state index < -0.39 is 9.70 Å². The fraction of sp³-hybridized carbons (Fsp3) is 0.476. The maximum atomic E-state index is 13.0. The number of hydrogen-bond donors (Lipinski definition) is 0. The van der Waals surface area contributed by atoms with Crippen LogP contribution < -0.4 is 9.47 Å². The zero-order valence-corrected chi connectivity index (χ0v) is 18.9. The molecule has 0 saturated carbocycles. The number of halogens is 3. The minimum Gasteiger partial charge on any atom is -0.496 e. The number of hydrogen-bond acceptors (Lipinski definition) is 3. The van der Waals surface area contributed by atoms with E-state index >= 15 is 0 Å². The summed E-state index contributed by atoms with van der Waals surface area (Å²) >= 11 is 17.9. The molecule has 7 heteroatoms. The van der Waals surface area contributed by atoms with Gasteiger partial charge >= 0.3 is 0 Å². The molecule has 1 aliphatic heterocycles. The average molecular weight is 445 g/mol. The quantitative estimate of drug-likeness (QED) is 0.558. The molecule has 0 fully saturated rings. The van der Waals surface area contributed by atoms with Crippen LogP contribution in [0.25, 0.3) is 10.8 Å². The predicted molar refractivity (Wildman–Crippen MR) is 115 cm³/mol. The van der Waals surface area contributed by atoms with Gasteiger partial charge in [-0.15, -0.1) is 0 Å². The number of amides is 1. The van der Waals surface area contributed by atoms with E-state index in [2.05, 4.69) is 20.8 Å². The third-order valence-corrected chi connectivity index (χ3v) is 5.66. The fourth-order valence-electron chi connectivity index (χ4n) is 4.24. The maximum Gasteiger partial charge on any atom is 0.275 e. The van der Waals surface area contributed by atoms with E-state index in [9.17, 15) is 4.79 Å². The van der Waals surface area contributed by atoms with Crippen LogP contribution in [0.5, 0.6) is 11.5 Å². The minimum absolute atomic E-state index is 0.332. The second-order valence-electron chi connectivity index (χ2n) is 8.02. The van der Waals surface area contributed by atoms with Crippen molar-refractivity contribution < 1.29 is 14.3 Å². The molecule has 1 unspecified atom stereocenters. The fourth-order valence-corrected chi connectivity index (χ4v) is 4.56. The van der Waals surface area contributed by atoms with Crippen LogP contribution in [0.2, 0.25) is 0 Å². The van der Waals surface area contributed by atoms with Crippen molar-refractivity contribution in [3.63, 3.8) is 0 Å². The molecule has 3 rings (SSSR count). The molecule has 0 aromatic heterocycles. The van der Waals surface area contributed by atoms with Crippen molar-refractivity contribution in [2.45, 2.75) is 37.0 Å². The van der Waals surface area contributed by atoms with Crippen LogP contribution in [-0.2, 0) is 11.2 Å². The van der Waals surface area contributed by atoms with Crippen molar-refractivity contribution in [1.29, 1.82) is 0 Å². The largest absolute Gasteiger partial charge is 0.496 e. The number of benzene rings is 2. The van der Waals surface area contributed by atoms with E-state index in [1.807, 2.05) is 24.3 Å².